The van der Waals surface area contributed by atoms with Crippen molar-refractivity contribution in [1.82, 2.24) is 5.32 Å². The van der Waals surface area contributed by atoms with Gasteiger partial charge in [0, 0.05) is 0 Å². The monoisotopic (exact) mass is 185 g/mol. The second-order valence-corrected chi connectivity index (χ2v) is 4.76. The van der Waals surface area contributed by atoms with E-state index in [1.165, 1.54) is 4.21 Å². The Kier molecular flexibility index (Phi) is 1.87. The number of thioether (sulfide) groups is 1. The van der Waals surface area contributed by atoms with Gasteiger partial charge < -0.3 is 5.32 Å². The maximum Gasteiger partial charge on any atom is 0.223 e. The molecule has 1 unspecified atom stereocenters. The maximum absolute atomic E-state index is 10.5. The molecule has 2 nitrogen and oxygen atoms in total. The van der Waals surface area contributed by atoms with Gasteiger partial charge in [0.05, 0.1) is 16.0 Å². The maximum atomic E-state index is 10.5. The fourth-order valence-electron chi connectivity index (χ4n) is 0.869. The normalized spacial score (nSPS) is 22.5. The lowest BCUT2D eigenvalue weighted by Gasteiger charge is -2.25. The van der Waals surface area contributed by atoms with Crippen molar-refractivity contribution in [2.75, 3.05) is 0 Å². The predicted molar refractivity (Wildman–Crippen MR) is 46.7 cm³/mol. The second-order valence-electron chi connectivity index (χ2n) is 2.31. The Bertz CT molecular complexity index is 249. The van der Waals surface area contributed by atoms with E-state index in [1.54, 1.807) is 23.1 Å². The topological polar surface area (TPSA) is 29.1 Å². The predicted octanol–water partition coefficient (Wildman–Crippen LogP) is 1.69. The quantitative estimate of drug-likeness (QED) is 0.710. The van der Waals surface area contributed by atoms with E-state index >= 15 is 0 Å². The number of β-lactam (4-membered cyclic amide) rings is 1. The van der Waals surface area contributed by atoms with Gasteiger partial charge in [-0.15, -0.1) is 11.3 Å². The third-order valence-electron chi connectivity index (χ3n) is 1.45. The summed E-state index contributed by atoms with van der Waals surface area (Å²) in [6, 6.07) is 4.09. The Morgan fingerprint density at radius 1 is 1.73 bits per heavy atom. The van der Waals surface area contributed by atoms with E-state index in [1.807, 2.05) is 11.4 Å². The number of carbonyl (C=O) groups excluding carboxylic acids is 1. The van der Waals surface area contributed by atoms with Crippen LogP contribution in [-0.4, -0.2) is 11.3 Å². The van der Waals surface area contributed by atoms with Crippen LogP contribution in [0.5, 0.6) is 0 Å². The van der Waals surface area contributed by atoms with Crippen molar-refractivity contribution in [3.05, 3.63) is 17.5 Å². The van der Waals surface area contributed by atoms with Crippen LogP contribution in [0.3, 0.4) is 0 Å². The van der Waals surface area contributed by atoms with E-state index in [-0.39, 0.29) is 5.91 Å². The molecule has 0 radical (unpaired) electrons. The number of nitrogens with one attached hydrogen (secondary N) is 1. The molecule has 2 rings (SSSR count). The van der Waals surface area contributed by atoms with E-state index in [2.05, 4.69) is 11.4 Å². The van der Waals surface area contributed by atoms with Crippen molar-refractivity contribution in [3.8, 4) is 0 Å². The molecule has 58 valence electrons. The van der Waals surface area contributed by atoms with Gasteiger partial charge in [0.15, 0.2) is 0 Å². The highest BCUT2D eigenvalue weighted by molar-refractivity contribution is 8.01. The first-order valence-electron chi connectivity index (χ1n) is 3.34. The molecule has 0 aliphatic carbocycles. The zero-order chi connectivity index (χ0) is 7.68. The van der Waals surface area contributed by atoms with Crippen LogP contribution in [0.15, 0.2) is 21.7 Å². The van der Waals surface area contributed by atoms with Crippen molar-refractivity contribution in [1.29, 1.82) is 0 Å². The molecule has 0 saturated carbocycles. The molecule has 1 atom stereocenters. The molecule has 1 amide bonds. The summed E-state index contributed by atoms with van der Waals surface area (Å²) in [6.45, 7) is 0. The third-order valence-corrected chi connectivity index (χ3v) is 3.62. The fourth-order valence-corrected chi connectivity index (χ4v) is 2.92. The molecule has 1 aromatic rings. The Balaban J connectivity index is 1.88. The highest BCUT2D eigenvalue weighted by Crippen LogP contribution is 2.30. The summed E-state index contributed by atoms with van der Waals surface area (Å²) in [7, 11) is 0. The molecule has 1 saturated heterocycles. The van der Waals surface area contributed by atoms with Gasteiger partial charge in [0.25, 0.3) is 0 Å². The summed E-state index contributed by atoms with van der Waals surface area (Å²) in [5.41, 5.74) is 0. The second kappa shape index (κ2) is 2.87. The molecule has 0 bridgehead atoms. The average molecular weight is 185 g/mol. The van der Waals surface area contributed by atoms with Gasteiger partial charge in [-0.25, -0.2) is 0 Å². The number of carbonyl (C=O) groups is 1. The van der Waals surface area contributed by atoms with E-state index < -0.39 is 0 Å². The first kappa shape index (κ1) is 7.18. The molecular weight excluding hydrogens is 178 g/mol. The minimum atomic E-state index is 0.166. The standard InChI is InChI=1S/C7H7NOS2/c9-5-4-6(8-5)11-7-2-1-3-10-7/h1-3,6H,4H2,(H,8,9). The highest BCUT2D eigenvalue weighted by atomic mass is 32.2. The van der Waals surface area contributed by atoms with Crippen LogP contribution in [0, 0.1) is 0 Å². The molecule has 1 aliphatic heterocycles. The molecule has 1 N–H and O–H groups in total. The van der Waals surface area contributed by atoms with Gasteiger partial charge in [-0.2, -0.15) is 0 Å². The SMILES string of the molecule is O=C1CC(Sc2cccs2)N1. The molecule has 11 heavy (non-hydrogen) atoms. The van der Waals surface area contributed by atoms with E-state index in [0.717, 1.165) is 0 Å². The van der Waals surface area contributed by atoms with Crippen molar-refractivity contribution >= 4 is 29.0 Å². The summed E-state index contributed by atoms with van der Waals surface area (Å²) < 4.78 is 1.27. The summed E-state index contributed by atoms with van der Waals surface area (Å²) in [4.78, 5) is 10.5. The van der Waals surface area contributed by atoms with Crippen LogP contribution < -0.4 is 5.32 Å². The smallest absolute Gasteiger partial charge is 0.223 e. The number of rotatable bonds is 2. The minimum Gasteiger partial charge on any atom is -0.343 e. The third kappa shape index (κ3) is 1.57. The lowest BCUT2D eigenvalue weighted by atomic mass is 10.3. The Morgan fingerprint density at radius 2 is 2.55 bits per heavy atom. The highest BCUT2D eigenvalue weighted by Gasteiger charge is 2.25. The van der Waals surface area contributed by atoms with Crippen molar-refractivity contribution in [3.63, 3.8) is 0 Å². The molecule has 4 heteroatoms. The molecule has 1 aliphatic rings. The number of hydrogen-bond donors (Lipinski definition) is 1. The summed E-state index contributed by atoms with van der Waals surface area (Å²) in [5, 5.41) is 5.18. The Morgan fingerprint density at radius 3 is 3.09 bits per heavy atom. The molecule has 1 aromatic heterocycles. The minimum absolute atomic E-state index is 0.166. The summed E-state index contributed by atoms with van der Waals surface area (Å²) in [5.74, 6) is 0.166. The van der Waals surface area contributed by atoms with Crippen molar-refractivity contribution < 1.29 is 4.79 Å². The van der Waals surface area contributed by atoms with Crippen LogP contribution in [0.4, 0.5) is 0 Å². The van der Waals surface area contributed by atoms with Crippen LogP contribution in [0.25, 0.3) is 0 Å². The lowest BCUT2D eigenvalue weighted by molar-refractivity contribution is -0.126. The van der Waals surface area contributed by atoms with Crippen LogP contribution in [-0.2, 0) is 4.79 Å². The molecule has 0 aromatic carbocycles. The van der Waals surface area contributed by atoms with Gasteiger partial charge in [-0.05, 0) is 11.4 Å². The summed E-state index contributed by atoms with van der Waals surface area (Å²) >= 11 is 3.44. The Hall–Kier alpha value is -0.480. The van der Waals surface area contributed by atoms with E-state index in [9.17, 15) is 4.79 Å². The fraction of sp³-hybridized carbons (Fsp3) is 0.286. The molecule has 0 spiro atoms. The number of amides is 1. The number of thiophene rings is 1. The van der Waals surface area contributed by atoms with E-state index in [4.69, 9.17) is 0 Å². The zero-order valence-electron chi connectivity index (χ0n) is 5.74. The first-order chi connectivity index (χ1) is 5.34. The van der Waals surface area contributed by atoms with Gasteiger partial charge in [0.1, 0.15) is 0 Å². The number of hydrogen-bond acceptors (Lipinski definition) is 3. The molecule has 2 heterocycles. The van der Waals surface area contributed by atoms with Crippen LogP contribution in [0.1, 0.15) is 6.42 Å². The lowest BCUT2D eigenvalue weighted by Crippen LogP contribution is -2.45. The van der Waals surface area contributed by atoms with Crippen molar-refractivity contribution in [2.45, 2.75) is 16.0 Å². The van der Waals surface area contributed by atoms with Gasteiger partial charge in [-0.1, -0.05) is 17.8 Å². The van der Waals surface area contributed by atoms with Crippen molar-refractivity contribution in [2.24, 2.45) is 0 Å². The first-order valence-corrected chi connectivity index (χ1v) is 5.10. The van der Waals surface area contributed by atoms with E-state index in [0.29, 0.717) is 11.8 Å². The average Bonchev–Trinajstić information content (AvgIpc) is 2.36. The Labute approximate surface area is 73.0 Å². The van der Waals surface area contributed by atoms with Crippen LogP contribution in [0.2, 0.25) is 0 Å². The summed E-state index contributed by atoms with van der Waals surface area (Å²) in [6.07, 6.45) is 0.669. The van der Waals surface area contributed by atoms with Gasteiger partial charge in [0.2, 0.25) is 5.91 Å². The van der Waals surface area contributed by atoms with Crippen LogP contribution >= 0.6 is 23.1 Å². The van der Waals surface area contributed by atoms with Gasteiger partial charge >= 0.3 is 0 Å². The van der Waals surface area contributed by atoms with Gasteiger partial charge in [-0.3, -0.25) is 4.79 Å². The molecule has 1 fully saturated rings. The molecular formula is C7H7NOS2. The largest absolute Gasteiger partial charge is 0.343 e. The zero-order valence-corrected chi connectivity index (χ0v) is 7.37.